The number of ketones is 2. The molecule has 0 radical (unpaired) electrons. The predicted octanol–water partition coefficient (Wildman–Crippen LogP) is 1.65. The fraction of sp³-hybridized carbons (Fsp3) is 0.818. The molecule has 0 aliphatic carbocycles. The van der Waals surface area contributed by atoms with Gasteiger partial charge in [0.2, 0.25) is 0 Å². The minimum absolute atomic E-state index is 0.0642. The van der Waals surface area contributed by atoms with Crippen molar-refractivity contribution in [2.75, 3.05) is 7.05 Å². The van der Waals surface area contributed by atoms with E-state index in [-0.39, 0.29) is 11.6 Å². The largest absolute Gasteiger partial charge is 0.298 e. The van der Waals surface area contributed by atoms with E-state index in [1.54, 1.807) is 13.8 Å². The van der Waals surface area contributed by atoms with Crippen LogP contribution in [0.15, 0.2) is 0 Å². The molecule has 0 N–H and O–H groups in total. The quantitative estimate of drug-likeness (QED) is 0.691. The maximum Gasteiger partial charge on any atom is 0.149 e. The highest BCUT2D eigenvalue weighted by Gasteiger charge is 2.40. The Balaban J connectivity index is 5.04. The lowest BCUT2D eigenvalue weighted by Crippen LogP contribution is -2.59. The Labute approximate surface area is 86.5 Å². The molecule has 3 heteroatoms. The van der Waals surface area contributed by atoms with E-state index < -0.39 is 11.1 Å². The van der Waals surface area contributed by atoms with Crippen LogP contribution in [-0.2, 0) is 9.59 Å². The summed E-state index contributed by atoms with van der Waals surface area (Å²) in [4.78, 5) is 24.7. The van der Waals surface area contributed by atoms with Crippen LogP contribution in [-0.4, -0.2) is 34.6 Å². The molecule has 0 aromatic heterocycles. The number of nitrogens with zero attached hydrogens (tertiary/aromatic N) is 1. The second-order valence-electron chi connectivity index (χ2n) is 4.79. The predicted molar refractivity (Wildman–Crippen MR) is 57.3 cm³/mol. The number of likely N-dealkylation sites (N-methyl/N-ethyl adjacent to an activating group) is 1. The third-order valence-electron chi connectivity index (χ3n) is 3.40. The van der Waals surface area contributed by atoms with Crippen LogP contribution in [0, 0.1) is 0 Å². The zero-order chi connectivity index (χ0) is 11.7. The van der Waals surface area contributed by atoms with Crippen LogP contribution < -0.4 is 0 Å². The van der Waals surface area contributed by atoms with Crippen molar-refractivity contribution < 1.29 is 9.59 Å². The molecule has 0 unspecified atom stereocenters. The van der Waals surface area contributed by atoms with Gasteiger partial charge in [0.25, 0.3) is 0 Å². The first-order valence-electron chi connectivity index (χ1n) is 4.80. The Morgan fingerprint density at radius 3 is 1.21 bits per heavy atom. The molecule has 3 nitrogen and oxygen atoms in total. The van der Waals surface area contributed by atoms with E-state index in [1.807, 2.05) is 39.6 Å². The Kier molecular flexibility index (Phi) is 3.62. The Hall–Kier alpha value is -0.700. The van der Waals surface area contributed by atoms with Gasteiger partial charge in [0.1, 0.15) is 11.6 Å². The summed E-state index contributed by atoms with van der Waals surface area (Å²) in [6.45, 7) is 10.4. The summed E-state index contributed by atoms with van der Waals surface area (Å²) >= 11 is 0. The monoisotopic (exact) mass is 199 g/mol. The number of hydrogen-bond acceptors (Lipinski definition) is 3. The lowest BCUT2D eigenvalue weighted by molar-refractivity contribution is -0.137. The summed E-state index contributed by atoms with van der Waals surface area (Å²) in [5.41, 5.74) is -1.20. The third-order valence-corrected chi connectivity index (χ3v) is 3.40. The highest BCUT2D eigenvalue weighted by molar-refractivity contribution is 5.89. The highest BCUT2D eigenvalue weighted by atomic mass is 16.1. The molecule has 0 amide bonds. The second-order valence-corrected chi connectivity index (χ2v) is 4.79. The van der Waals surface area contributed by atoms with Crippen molar-refractivity contribution >= 4 is 11.6 Å². The van der Waals surface area contributed by atoms with Crippen molar-refractivity contribution in [1.82, 2.24) is 4.90 Å². The molecule has 0 rings (SSSR count). The first-order valence-corrected chi connectivity index (χ1v) is 4.80. The maximum absolute atomic E-state index is 11.4. The molecular formula is C11H21NO2. The molecule has 0 heterocycles. The van der Waals surface area contributed by atoms with E-state index in [4.69, 9.17) is 0 Å². The van der Waals surface area contributed by atoms with Gasteiger partial charge in [-0.25, -0.2) is 0 Å². The highest BCUT2D eigenvalue weighted by Crippen LogP contribution is 2.24. The zero-order valence-electron chi connectivity index (χ0n) is 10.3. The van der Waals surface area contributed by atoms with Crippen LogP contribution in [0.25, 0.3) is 0 Å². The van der Waals surface area contributed by atoms with Gasteiger partial charge in [0, 0.05) is 0 Å². The smallest absolute Gasteiger partial charge is 0.149 e. The molecule has 0 aromatic rings. The van der Waals surface area contributed by atoms with Crippen molar-refractivity contribution in [3.05, 3.63) is 0 Å². The summed E-state index contributed by atoms with van der Waals surface area (Å²) in [5, 5.41) is 0. The van der Waals surface area contributed by atoms with Gasteiger partial charge in [-0.15, -0.1) is 0 Å². The van der Waals surface area contributed by atoms with Crippen LogP contribution in [0.3, 0.4) is 0 Å². The van der Waals surface area contributed by atoms with E-state index in [2.05, 4.69) is 0 Å². The molecule has 14 heavy (non-hydrogen) atoms. The zero-order valence-corrected chi connectivity index (χ0v) is 10.3. The van der Waals surface area contributed by atoms with Crippen molar-refractivity contribution in [2.45, 2.75) is 52.6 Å². The van der Waals surface area contributed by atoms with Crippen LogP contribution >= 0.6 is 0 Å². The lowest BCUT2D eigenvalue weighted by atomic mass is 9.89. The van der Waals surface area contributed by atoms with E-state index in [1.165, 1.54) is 0 Å². The normalized spacial score (nSPS) is 13.1. The van der Waals surface area contributed by atoms with E-state index in [0.717, 1.165) is 0 Å². The van der Waals surface area contributed by atoms with Gasteiger partial charge in [-0.05, 0) is 48.6 Å². The maximum atomic E-state index is 11.4. The minimum atomic E-state index is -0.602. The van der Waals surface area contributed by atoms with Gasteiger partial charge < -0.3 is 0 Å². The van der Waals surface area contributed by atoms with E-state index in [9.17, 15) is 9.59 Å². The van der Waals surface area contributed by atoms with Crippen molar-refractivity contribution in [3.63, 3.8) is 0 Å². The molecule has 0 aliphatic heterocycles. The molecule has 0 aromatic carbocycles. The molecule has 0 atom stereocenters. The Bertz CT molecular complexity index is 228. The lowest BCUT2D eigenvalue weighted by Gasteiger charge is -2.43. The van der Waals surface area contributed by atoms with Gasteiger partial charge in [0.05, 0.1) is 11.1 Å². The van der Waals surface area contributed by atoms with Crippen molar-refractivity contribution in [3.8, 4) is 0 Å². The fourth-order valence-corrected chi connectivity index (χ4v) is 1.17. The molecule has 0 bridgehead atoms. The minimum Gasteiger partial charge on any atom is -0.298 e. The Morgan fingerprint density at radius 1 is 0.857 bits per heavy atom. The topological polar surface area (TPSA) is 37.4 Å². The Morgan fingerprint density at radius 2 is 1.07 bits per heavy atom. The average Bonchev–Trinajstić information content (AvgIpc) is 2.02. The number of hydrogen-bond donors (Lipinski definition) is 0. The molecule has 0 fully saturated rings. The molecule has 0 spiro atoms. The summed E-state index contributed by atoms with van der Waals surface area (Å²) in [6.07, 6.45) is 0. The first kappa shape index (κ1) is 13.3. The summed E-state index contributed by atoms with van der Waals surface area (Å²) < 4.78 is 0. The molecule has 0 saturated heterocycles. The van der Waals surface area contributed by atoms with Gasteiger partial charge in [-0.3, -0.25) is 14.5 Å². The van der Waals surface area contributed by atoms with Gasteiger partial charge in [-0.2, -0.15) is 0 Å². The number of carbonyl (C=O) groups excluding carboxylic acids is 2. The standard InChI is InChI=1S/C11H21NO2/c1-8(13)10(3,4)12(7)11(5,6)9(2)14/h1-7H3. The molecule has 0 aliphatic rings. The van der Waals surface area contributed by atoms with E-state index >= 15 is 0 Å². The SMILES string of the molecule is CC(=O)C(C)(C)N(C)C(C)(C)C(C)=O. The summed E-state index contributed by atoms with van der Waals surface area (Å²) in [7, 11) is 1.81. The fourth-order valence-electron chi connectivity index (χ4n) is 1.17. The number of Topliss-reactive ketones (excluding diaryl/α,β-unsaturated/α-hetero) is 2. The molecule has 0 saturated carbocycles. The molecular weight excluding hydrogens is 178 g/mol. The van der Waals surface area contributed by atoms with Gasteiger partial charge in [0.15, 0.2) is 0 Å². The number of rotatable bonds is 4. The van der Waals surface area contributed by atoms with Gasteiger partial charge >= 0.3 is 0 Å². The van der Waals surface area contributed by atoms with Crippen molar-refractivity contribution in [1.29, 1.82) is 0 Å². The van der Waals surface area contributed by atoms with E-state index in [0.29, 0.717) is 0 Å². The van der Waals surface area contributed by atoms with Gasteiger partial charge in [-0.1, -0.05) is 0 Å². The number of carbonyl (C=O) groups is 2. The van der Waals surface area contributed by atoms with Crippen LogP contribution in [0.2, 0.25) is 0 Å². The third kappa shape index (κ3) is 2.21. The van der Waals surface area contributed by atoms with Crippen LogP contribution in [0.5, 0.6) is 0 Å². The summed E-state index contributed by atoms with van der Waals surface area (Å²) in [6, 6.07) is 0. The average molecular weight is 199 g/mol. The molecule has 82 valence electrons. The van der Waals surface area contributed by atoms with Crippen LogP contribution in [0.4, 0.5) is 0 Å². The first-order chi connectivity index (χ1) is 6.04. The van der Waals surface area contributed by atoms with Crippen LogP contribution in [0.1, 0.15) is 41.5 Å². The summed E-state index contributed by atoms with van der Waals surface area (Å²) in [5.74, 6) is 0.128. The van der Waals surface area contributed by atoms with Crippen molar-refractivity contribution in [2.24, 2.45) is 0 Å². The second kappa shape index (κ2) is 3.81.